The maximum absolute atomic E-state index is 12.9. The van der Waals surface area contributed by atoms with E-state index in [9.17, 15) is 10.1 Å². The van der Waals surface area contributed by atoms with Gasteiger partial charge >= 0.3 is 0 Å². The Hall–Kier alpha value is -3.69. The monoisotopic (exact) mass is 439 g/mol. The van der Waals surface area contributed by atoms with Crippen LogP contribution >= 0.6 is 11.3 Å². The number of aromatic amines is 1. The molecule has 158 valence electrons. The lowest BCUT2D eigenvalue weighted by molar-refractivity contribution is 0.305. The van der Waals surface area contributed by atoms with Gasteiger partial charge in [-0.15, -0.1) is 11.3 Å². The maximum Gasteiger partial charge on any atom is 0.260 e. The van der Waals surface area contributed by atoms with E-state index in [2.05, 4.69) is 16.0 Å². The van der Waals surface area contributed by atoms with Crippen molar-refractivity contribution in [1.82, 2.24) is 9.97 Å². The first-order valence-electron chi connectivity index (χ1n) is 10.7. The first kappa shape index (κ1) is 20.2. The number of H-pyrrole nitrogens is 1. The molecule has 1 aliphatic rings. The average Bonchev–Trinajstić information content (AvgIpc) is 3.21. The van der Waals surface area contributed by atoms with Gasteiger partial charge in [0.2, 0.25) is 0 Å². The Balaban J connectivity index is 1.50. The Kier molecular flexibility index (Phi) is 5.57. The Morgan fingerprint density at radius 1 is 1.12 bits per heavy atom. The van der Waals surface area contributed by atoms with Gasteiger partial charge in [0.15, 0.2) is 5.82 Å². The number of ether oxygens (including phenoxy) is 1. The summed E-state index contributed by atoms with van der Waals surface area (Å²) in [6.07, 6.45) is 5.89. The van der Waals surface area contributed by atoms with Gasteiger partial charge in [-0.05, 0) is 49.0 Å². The van der Waals surface area contributed by atoms with Crippen LogP contribution in [0.25, 0.3) is 21.9 Å². The summed E-state index contributed by atoms with van der Waals surface area (Å²) in [6.45, 7) is 0.426. The second-order valence-corrected chi connectivity index (χ2v) is 8.87. The summed E-state index contributed by atoms with van der Waals surface area (Å²) in [5.74, 6) is 0.959. The minimum absolute atomic E-state index is 0.167. The second kappa shape index (κ2) is 8.81. The van der Waals surface area contributed by atoms with Crippen molar-refractivity contribution in [2.24, 2.45) is 0 Å². The number of hydrogen-bond acceptors (Lipinski definition) is 5. The van der Waals surface area contributed by atoms with E-state index >= 15 is 0 Å². The largest absolute Gasteiger partial charge is 0.488 e. The third-order valence-electron chi connectivity index (χ3n) is 5.66. The van der Waals surface area contributed by atoms with Crippen molar-refractivity contribution in [1.29, 1.82) is 5.26 Å². The van der Waals surface area contributed by atoms with Crippen LogP contribution in [0.15, 0.2) is 59.4 Å². The molecule has 0 saturated carbocycles. The summed E-state index contributed by atoms with van der Waals surface area (Å²) in [7, 11) is 0. The van der Waals surface area contributed by atoms with Crippen molar-refractivity contribution in [2.45, 2.75) is 32.3 Å². The molecule has 32 heavy (non-hydrogen) atoms. The SMILES string of the molecule is N#C/C(=C\c1ccccc1OCc1ccccc1)c1nc2sc3c(c2c(=O)[nH]1)CCCC3. The van der Waals surface area contributed by atoms with E-state index in [1.165, 1.54) is 4.88 Å². The van der Waals surface area contributed by atoms with Crippen molar-refractivity contribution < 1.29 is 4.74 Å². The third kappa shape index (κ3) is 3.95. The number of nitrogens with zero attached hydrogens (tertiary/aromatic N) is 2. The minimum Gasteiger partial charge on any atom is -0.488 e. The van der Waals surface area contributed by atoms with Gasteiger partial charge in [0.25, 0.3) is 5.56 Å². The second-order valence-electron chi connectivity index (χ2n) is 7.79. The third-order valence-corrected chi connectivity index (χ3v) is 6.84. The molecule has 0 saturated heterocycles. The van der Waals surface area contributed by atoms with Gasteiger partial charge in [0, 0.05) is 10.4 Å². The number of rotatable bonds is 5. The first-order chi connectivity index (χ1) is 15.7. The molecule has 4 aromatic rings. The fourth-order valence-corrected chi connectivity index (χ4v) is 5.33. The quantitative estimate of drug-likeness (QED) is 0.416. The zero-order chi connectivity index (χ0) is 21.9. The molecule has 0 aliphatic heterocycles. The van der Waals surface area contributed by atoms with Crippen LogP contribution in [0.4, 0.5) is 0 Å². The zero-order valence-corrected chi connectivity index (χ0v) is 18.2. The number of fused-ring (bicyclic) bond motifs is 3. The molecule has 1 N–H and O–H groups in total. The number of nitrogens with one attached hydrogen (secondary N) is 1. The van der Waals surface area contributed by atoms with Gasteiger partial charge in [0.1, 0.15) is 23.3 Å². The molecule has 2 aromatic heterocycles. The summed E-state index contributed by atoms with van der Waals surface area (Å²) < 4.78 is 6.01. The fraction of sp³-hybridized carbons (Fsp3) is 0.192. The molecule has 0 spiro atoms. The summed E-state index contributed by atoms with van der Waals surface area (Å²) in [5, 5.41) is 10.5. The van der Waals surface area contributed by atoms with Crippen LogP contribution in [0, 0.1) is 11.3 Å². The van der Waals surface area contributed by atoms with E-state index in [1.807, 2.05) is 54.6 Å². The molecule has 0 unspecified atom stereocenters. The predicted octanol–water partition coefficient (Wildman–Crippen LogP) is 5.51. The molecule has 1 aliphatic carbocycles. The van der Waals surface area contributed by atoms with E-state index in [1.54, 1.807) is 17.4 Å². The van der Waals surface area contributed by atoms with Crippen LogP contribution in [0.1, 0.15) is 40.2 Å². The van der Waals surface area contributed by atoms with Gasteiger partial charge in [-0.1, -0.05) is 48.5 Å². The lowest BCUT2D eigenvalue weighted by Gasteiger charge is -2.10. The normalized spacial score (nSPS) is 13.5. The number of thiophene rings is 1. The number of nitriles is 1. The molecule has 2 heterocycles. The topological polar surface area (TPSA) is 78.8 Å². The average molecular weight is 440 g/mol. The standard InChI is InChI=1S/C26H21N3O2S/c27-15-19(14-18-10-4-6-12-21(18)31-16-17-8-2-1-3-9-17)24-28-25(30)23-20-11-5-7-13-22(20)32-26(23)29-24/h1-4,6,8-10,12,14H,5,7,11,13,16H2,(H,28,29,30)/b19-14+. The highest BCUT2D eigenvalue weighted by Gasteiger charge is 2.20. The molecule has 0 radical (unpaired) electrons. The van der Waals surface area contributed by atoms with E-state index in [4.69, 9.17) is 4.74 Å². The van der Waals surface area contributed by atoms with Crippen molar-refractivity contribution in [3.63, 3.8) is 0 Å². The van der Waals surface area contributed by atoms with E-state index < -0.39 is 0 Å². The summed E-state index contributed by atoms with van der Waals surface area (Å²) in [6, 6.07) is 19.7. The zero-order valence-electron chi connectivity index (χ0n) is 17.4. The Morgan fingerprint density at radius 3 is 2.75 bits per heavy atom. The Bertz CT molecular complexity index is 1410. The van der Waals surface area contributed by atoms with Crippen molar-refractivity contribution in [3.05, 3.63) is 92.3 Å². The predicted molar refractivity (Wildman–Crippen MR) is 128 cm³/mol. The summed E-state index contributed by atoms with van der Waals surface area (Å²) in [5.41, 5.74) is 3.09. The van der Waals surface area contributed by atoms with Gasteiger partial charge in [-0.3, -0.25) is 4.79 Å². The maximum atomic E-state index is 12.9. The van der Waals surface area contributed by atoms with Crippen LogP contribution in [0.5, 0.6) is 5.75 Å². The highest BCUT2D eigenvalue weighted by atomic mass is 32.1. The number of aryl methyl sites for hydroxylation is 2. The van der Waals surface area contributed by atoms with Gasteiger partial charge in [-0.25, -0.2) is 4.98 Å². The molecule has 0 fully saturated rings. The smallest absolute Gasteiger partial charge is 0.260 e. The van der Waals surface area contributed by atoms with Crippen molar-refractivity contribution in [2.75, 3.05) is 0 Å². The molecule has 6 heteroatoms. The number of hydrogen-bond donors (Lipinski definition) is 1. The van der Waals surface area contributed by atoms with Gasteiger partial charge in [-0.2, -0.15) is 5.26 Å². The molecule has 5 rings (SSSR count). The van der Waals surface area contributed by atoms with Crippen molar-refractivity contribution in [3.8, 4) is 11.8 Å². The molecular formula is C26H21N3O2S. The fourth-order valence-electron chi connectivity index (χ4n) is 4.07. The number of para-hydroxylation sites is 1. The molecule has 5 nitrogen and oxygen atoms in total. The Labute approximate surface area is 189 Å². The molecule has 2 aromatic carbocycles. The van der Waals surface area contributed by atoms with Gasteiger partial charge in [0.05, 0.1) is 11.0 Å². The van der Waals surface area contributed by atoms with E-state index in [-0.39, 0.29) is 5.56 Å². The summed E-state index contributed by atoms with van der Waals surface area (Å²) >= 11 is 1.58. The lowest BCUT2D eigenvalue weighted by Crippen LogP contribution is -2.12. The lowest BCUT2D eigenvalue weighted by atomic mass is 9.97. The van der Waals surface area contributed by atoms with Crippen LogP contribution in [0.3, 0.4) is 0 Å². The van der Waals surface area contributed by atoms with Crippen LogP contribution in [-0.4, -0.2) is 9.97 Å². The van der Waals surface area contributed by atoms with E-state index in [0.717, 1.165) is 42.4 Å². The van der Waals surface area contributed by atoms with Gasteiger partial charge < -0.3 is 9.72 Å². The molecular weight excluding hydrogens is 418 g/mol. The number of benzene rings is 2. The summed E-state index contributed by atoms with van der Waals surface area (Å²) in [4.78, 5) is 22.4. The van der Waals surface area contributed by atoms with E-state index in [0.29, 0.717) is 34.0 Å². The van der Waals surface area contributed by atoms with Crippen molar-refractivity contribution >= 4 is 33.2 Å². The highest BCUT2D eigenvalue weighted by Crippen LogP contribution is 2.34. The van der Waals surface area contributed by atoms with Crippen LogP contribution in [0.2, 0.25) is 0 Å². The Morgan fingerprint density at radius 2 is 1.91 bits per heavy atom. The van der Waals surface area contributed by atoms with Crippen LogP contribution < -0.4 is 10.3 Å². The highest BCUT2D eigenvalue weighted by molar-refractivity contribution is 7.18. The first-order valence-corrected chi connectivity index (χ1v) is 11.5. The molecule has 0 atom stereocenters. The number of aromatic nitrogens is 2. The van der Waals surface area contributed by atoms with Crippen LogP contribution in [-0.2, 0) is 19.4 Å². The minimum atomic E-state index is -0.167. The molecule has 0 amide bonds. The number of allylic oxidation sites excluding steroid dienone is 1. The molecule has 0 bridgehead atoms.